The minimum Gasteiger partial charge on any atom is -0.370 e. The number of aliphatic imine (C=N–C) groups is 1. The van der Waals surface area contributed by atoms with Crippen LogP contribution >= 0.6 is 0 Å². The summed E-state index contributed by atoms with van der Waals surface area (Å²) in [6.45, 7) is 5.56. The van der Waals surface area contributed by atoms with E-state index in [4.69, 9.17) is 22.6 Å². The Kier molecular flexibility index (Phi) is 15.7. The number of hydrogen-bond donors (Lipinski definition) is 7. The molecule has 0 atom stereocenters. The van der Waals surface area contributed by atoms with E-state index in [0.29, 0.717) is 6.54 Å². The molecule has 0 saturated carbocycles. The normalized spacial score (nSPS) is 10.4. The number of nitrogens with one attached hydrogen (secondary N) is 4. The van der Waals surface area contributed by atoms with Crippen molar-refractivity contribution >= 4 is 11.9 Å². The van der Waals surface area contributed by atoms with Crippen LogP contribution < -0.4 is 33.2 Å². The highest BCUT2D eigenvalue weighted by molar-refractivity contribution is 5.75. The van der Waals surface area contributed by atoms with Crippen molar-refractivity contribution in [3.8, 4) is 0 Å². The van der Waals surface area contributed by atoms with E-state index in [1.807, 2.05) is 0 Å². The fourth-order valence-electron chi connectivity index (χ4n) is 2.13. The third kappa shape index (κ3) is 20.5. The predicted molar refractivity (Wildman–Crippen MR) is 98.7 cm³/mol. The molecule has 136 valence electrons. The van der Waals surface area contributed by atoms with Crippen LogP contribution in [0, 0.1) is 5.41 Å². The van der Waals surface area contributed by atoms with Crippen molar-refractivity contribution in [2.45, 2.75) is 44.9 Å². The Morgan fingerprint density at radius 1 is 0.696 bits per heavy atom. The van der Waals surface area contributed by atoms with Crippen LogP contribution in [0.5, 0.6) is 0 Å². The highest BCUT2D eigenvalue weighted by atomic mass is 15.0. The smallest absolute Gasteiger partial charge is 0.185 e. The lowest BCUT2D eigenvalue weighted by molar-refractivity contribution is 0.548. The van der Waals surface area contributed by atoms with E-state index >= 15 is 0 Å². The Hall–Kier alpha value is -1.54. The van der Waals surface area contributed by atoms with Crippen molar-refractivity contribution in [2.75, 3.05) is 39.3 Å². The van der Waals surface area contributed by atoms with Gasteiger partial charge in [0, 0.05) is 13.1 Å². The Morgan fingerprint density at radius 2 is 1.22 bits per heavy atom. The first kappa shape index (κ1) is 21.5. The van der Waals surface area contributed by atoms with Gasteiger partial charge in [0.25, 0.3) is 0 Å². The van der Waals surface area contributed by atoms with Crippen LogP contribution in [-0.2, 0) is 0 Å². The van der Waals surface area contributed by atoms with Crippen LogP contribution in [0.4, 0.5) is 0 Å². The average molecular weight is 329 g/mol. The number of nitrogens with zero attached hydrogens (tertiary/aromatic N) is 1. The van der Waals surface area contributed by atoms with Crippen LogP contribution in [0.1, 0.15) is 44.9 Å². The van der Waals surface area contributed by atoms with Crippen molar-refractivity contribution < 1.29 is 0 Å². The van der Waals surface area contributed by atoms with Gasteiger partial charge < -0.3 is 33.2 Å². The number of hydrogen-bond acceptors (Lipinski definition) is 4. The van der Waals surface area contributed by atoms with Gasteiger partial charge in [-0.15, -0.1) is 0 Å². The molecule has 0 rings (SSSR count). The molecule has 0 amide bonds. The monoisotopic (exact) mass is 328 g/mol. The Balaban J connectivity index is 3.02. The van der Waals surface area contributed by atoms with Gasteiger partial charge in [-0.25, -0.2) is 0 Å². The summed E-state index contributed by atoms with van der Waals surface area (Å²) < 4.78 is 0. The van der Waals surface area contributed by atoms with Crippen molar-refractivity contribution in [3.63, 3.8) is 0 Å². The van der Waals surface area contributed by atoms with Crippen molar-refractivity contribution in [3.05, 3.63) is 0 Å². The van der Waals surface area contributed by atoms with Gasteiger partial charge in [-0.2, -0.15) is 0 Å². The summed E-state index contributed by atoms with van der Waals surface area (Å²) >= 11 is 0. The maximum Gasteiger partial charge on any atom is 0.185 e. The molecule has 0 fully saturated rings. The molecule has 0 spiro atoms. The predicted octanol–water partition coefficient (Wildman–Crippen LogP) is -0.347. The largest absolute Gasteiger partial charge is 0.370 e. The van der Waals surface area contributed by atoms with E-state index in [1.165, 1.54) is 32.1 Å². The molecule has 0 saturated heterocycles. The van der Waals surface area contributed by atoms with Gasteiger partial charge in [-0.05, 0) is 51.9 Å². The Labute approximate surface area is 140 Å². The SMILES string of the molecule is N=C(N)NCCCNCCCCCCCNCCCN=C(N)N. The molecule has 0 heterocycles. The third-order valence-electron chi connectivity index (χ3n) is 3.36. The lowest BCUT2D eigenvalue weighted by Gasteiger charge is -2.06. The topological polar surface area (TPSA) is 150 Å². The maximum atomic E-state index is 7.02. The number of guanidine groups is 2. The van der Waals surface area contributed by atoms with Crippen molar-refractivity contribution in [1.82, 2.24) is 16.0 Å². The lowest BCUT2D eigenvalue weighted by Crippen LogP contribution is -2.32. The zero-order valence-corrected chi connectivity index (χ0v) is 14.4. The molecule has 0 bridgehead atoms. The fraction of sp³-hybridized carbons (Fsp3) is 0.867. The standard InChI is InChI=1S/C15H36N8/c16-14(17)22-12-6-10-20-8-4-2-1-3-5-9-21-11-7-13-23-15(18)19/h20-21H,1-13H2,(H4,16,17,22)(H4,18,19,23). The zero-order chi connectivity index (χ0) is 17.2. The summed E-state index contributed by atoms with van der Waals surface area (Å²) in [6, 6.07) is 0. The van der Waals surface area contributed by atoms with Gasteiger partial charge in [0.2, 0.25) is 0 Å². The molecule has 10 N–H and O–H groups in total. The molecule has 23 heavy (non-hydrogen) atoms. The molecular weight excluding hydrogens is 292 g/mol. The summed E-state index contributed by atoms with van der Waals surface area (Å²) in [5.74, 6) is 0.223. The molecular formula is C15H36N8. The van der Waals surface area contributed by atoms with E-state index in [-0.39, 0.29) is 11.9 Å². The maximum absolute atomic E-state index is 7.02. The van der Waals surface area contributed by atoms with Crippen LogP contribution in [0.15, 0.2) is 4.99 Å². The molecule has 0 aromatic rings. The van der Waals surface area contributed by atoms with E-state index in [0.717, 1.165) is 45.6 Å². The number of nitrogens with two attached hydrogens (primary N) is 3. The zero-order valence-electron chi connectivity index (χ0n) is 14.4. The first-order valence-electron chi connectivity index (χ1n) is 8.67. The molecule has 0 aliphatic carbocycles. The summed E-state index contributed by atoms with van der Waals surface area (Å²) in [4.78, 5) is 3.94. The number of unbranched alkanes of at least 4 members (excludes halogenated alkanes) is 4. The van der Waals surface area contributed by atoms with Gasteiger partial charge in [-0.3, -0.25) is 10.4 Å². The molecule has 8 heteroatoms. The first-order chi connectivity index (χ1) is 11.1. The Morgan fingerprint density at radius 3 is 1.78 bits per heavy atom. The van der Waals surface area contributed by atoms with E-state index in [9.17, 15) is 0 Å². The fourth-order valence-corrected chi connectivity index (χ4v) is 2.13. The summed E-state index contributed by atoms with van der Waals surface area (Å²) in [7, 11) is 0. The second-order valence-corrected chi connectivity index (χ2v) is 5.62. The highest BCUT2D eigenvalue weighted by Crippen LogP contribution is 2.01. The summed E-state index contributed by atoms with van der Waals surface area (Å²) in [6.07, 6.45) is 8.29. The highest BCUT2D eigenvalue weighted by Gasteiger charge is 1.93. The van der Waals surface area contributed by atoms with Crippen molar-refractivity contribution in [1.29, 1.82) is 5.41 Å². The summed E-state index contributed by atoms with van der Waals surface area (Å²) in [5.41, 5.74) is 15.7. The Bertz CT molecular complexity index is 302. The lowest BCUT2D eigenvalue weighted by atomic mass is 10.1. The van der Waals surface area contributed by atoms with Crippen LogP contribution in [0.25, 0.3) is 0 Å². The molecule has 0 aromatic heterocycles. The van der Waals surface area contributed by atoms with Gasteiger partial charge >= 0.3 is 0 Å². The molecule has 0 aliphatic rings. The van der Waals surface area contributed by atoms with Crippen molar-refractivity contribution in [2.24, 2.45) is 22.2 Å². The average Bonchev–Trinajstić information content (AvgIpc) is 2.49. The minimum atomic E-state index is 0.0493. The molecule has 8 nitrogen and oxygen atoms in total. The quantitative estimate of drug-likeness (QED) is 0.117. The minimum absolute atomic E-state index is 0.0493. The second kappa shape index (κ2) is 16.8. The van der Waals surface area contributed by atoms with Crippen LogP contribution in [-0.4, -0.2) is 51.2 Å². The van der Waals surface area contributed by atoms with Gasteiger partial charge in [-0.1, -0.05) is 19.3 Å². The molecule has 0 unspecified atom stereocenters. The van der Waals surface area contributed by atoms with Crippen LogP contribution in [0.2, 0.25) is 0 Å². The molecule has 0 aromatic carbocycles. The van der Waals surface area contributed by atoms with Gasteiger partial charge in [0.05, 0.1) is 0 Å². The first-order valence-corrected chi connectivity index (χ1v) is 8.67. The van der Waals surface area contributed by atoms with Gasteiger partial charge in [0.15, 0.2) is 11.9 Å². The molecule has 0 radical (unpaired) electrons. The van der Waals surface area contributed by atoms with E-state index < -0.39 is 0 Å². The van der Waals surface area contributed by atoms with E-state index in [2.05, 4.69) is 20.9 Å². The third-order valence-corrected chi connectivity index (χ3v) is 3.36. The van der Waals surface area contributed by atoms with Crippen LogP contribution in [0.3, 0.4) is 0 Å². The number of rotatable bonds is 16. The summed E-state index contributed by atoms with van der Waals surface area (Å²) in [5, 5.41) is 16.6. The van der Waals surface area contributed by atoms with E-state index in [1.54, 1.807) is 0 Å². The molecule has 0 aliphatic heterocycles. The van der Waals surface area contributed by atoms with Gasteiger partial charge in [0.1, 0.15) is 0 Å². The second-order valence-electron chi connectivity index (χ2n) is 5.62.